The number of hydrogen-bond acceptors (Lipinski definition) is 3. The predicted octanol–water partition coefficient (Wildman–Crippen LogP) is 6.90. The van der Waals surface area contributed by atoms with Crippen LogP contribution < -0.4 is 4.74 Å². The Morgan fingerprint density at radius 3 is 2.27 bits per heavy atom. The highest BCUT2D eigenvalue weighted by molar-refractivity contribution is 6.30. The van der Waals surface area contributed by atoms with Crippen molar-refractivity contribution in [2.24, 2.45) is 0 Å². The summed E-state index contributed by atoms with van der Waals surface area (Å²) >= 11 is 12.4. The first-order chi connectivity index (χ1) is 14.5. The van der Waals surface area contributed by atoms with E-state index < -0.39 is 11.5 Å². The van der Waals surface area contributed by atoms with Crippen molar-refractivity contribution in [2.45, 2.75) is 18.1 Å². The summed E-state index contributed by atoms with van der Waals surface area (Å²) in [7, 11) is 1.63. The van der Waals surface area contributed by atoms with Crippen molar-refractivity contribution >= 4 is 23.2 Å². The van der Waals surface area contributed by atoms with Gasteiger partial charge in [-0.15, -0.1) is 11.6 Å². The van der Waals surface area contributed by atoms with E-state index in [9.17, 15) is 4.39 Å². The average Bonchev–Trinajstić information content (AvgIpc) is 2.76. The van der Waals surface area contributed by atoms with Gasteiger partial charge in [-0.05, 0) is 53.1 Å². The fourth-order valence-corrected chi connectivity index (χ4v) is 3.26. The number of benzene rings is 3. The molecule has 0 bridgehead atoms. The van der Waals surface area contributed by atoms with Crippen LogP contribution in [-0.4, -0.2) is 20.4 Å². The smallest absolute Gasteiger partial charge is 0.127 e. The van der Waals surface area contributed by atoms with E-state index in [4.69, 9.17) is 37.4 Å². The third-order valence-corrected chi connectivity index (χ3v) is 5.22. The molecule has 1 atom stereocenters. The third kappa shape index (κ3) is 6.19. The molecule has 0 saturated heterocycles. The number of rotatable bonds is 10. The molecule has 1 unspecified atom stereocenters. The third-order valence-electron chi connectivity index (χ3n) is 4.54. The second-order valence-corrected chi connectivity index (χ2v) is 8.08. The van der Waals surface area contributed by atoms with Gasteiger partial charge in [-0.2, -0.15) is 0 Å². The fourth-order valence-electron chi connectivity index (χ4n) is 2.93. The molecule has 0 saturated carbocycles. The minimum absolute atomic E-state index is 0.0386. The van der Waals surface area contributed by atoms with Crippen molar-refractivity contribution < 1.29 is 18.6 Å². The lowest BCUT2D eigenvalue weighted by Gasteiger charge is -2.24. The topological polar surface area (TPSA) is 27.7 Å². The summed E-state index contributed by atoms with van der Waals surface area (Å²) in [5.41, 5.74) is 2.57. The van der Waals surface area contributed by atoms with E-state index in [1.165, 1.54) is 0 Å². The van der Waals surface area contributed by atoms with Crippen molar-refractivity contribution in [3.63, 3.8) is 0 Å². The van der Waals surface area contributed by atoms with E-state index in [1.54, 1.807) is 31.4 Å². The molecular formula is C24H23Cl2FO3. The normalized spacial score (nSPS) is 13.1. The van der Waals surface area contributed by atoms with Crippen LogP contribution in [0.2, 0.25) is 5.02 Å². The second-order valence-electron chi connectivity index (χ2n) is 6.93. The molecule has 30 heavy (non-hydrogen) atoms. The Kier molecular flexibility index (Phi) is 8.11. The zero-order valence-electron chi connectivity index (χ0n) is 16.6. The highest BCUT2D eigenvalue weighted by Crippen LogP contribution is 2.31. The van der Waals surface area contributed by atoms with Gasteiger partial charge < -0.3 is 14.2 Å². The van der Waals surface area contributed by atoms with Gasteiger partial charge in [-0.25, -0.2) is 4.39 Å². The van der Waals surface area contributed by atoms with Gasteiger partial charge in [0, 0.05) is 12.1 Å². The van der Waals surface area contributed by atoms with E-state index in [2.05, 4.69) is 0 Å². The lowest BCUT2D eigenvalue weighted by atomic mass is 9.99. The van der Waals surface area contributed by atoms with Crippen molar-refractivity contribution in [1.29, 1.82) is 0 Å². The van der Waals surface area contributed by atoms with Crippen LogP contribution in [0.4, 0.5) is 4.39 Å². The van der Waals surface area contributed by atoms with Crippen molar-refractivity contribution in [1.82, 2.24) is 0 Å². The summed E-state index contributed by atoms with van der Waals surface area (Å²) < 4.78 is 30.5. The molecule has 0 heterocycles. The zero-order chi connectivity index (χ0) is 21.4. The van der Waals surface area contributed by atoms with Gasteiger partial charge in [-0.1, -0.05) is 48.0 Å². The molecule has 0 fully saturated rings. The molecule has 0 aromatic heterocycles. The second kappa shape index (κ2) is 10.8. The molecule has 0 spiro atoms. The molecule has 3 rings (SSSR count). The van der Waals surface area contributed by atoms with E-state index in [1.807, 2.05) is 48.5 Å². The Labute approximate surface area is 186 Å². The average molecular weight is 449 g/mol. The number of alkyl halides is 2. The fraction of sp³-hybridized carbons (Fsp3) is 0.250. The maximum atomic E-state index is 13.8. The first-order valence-corrected chi connectivity index (χ1v) is 10.2. The van der Waals surface area contributed by atoms with E-state index in [0.29, 0.717) is 28.7 Å². The molecule has 158 valence electrons. The van der Waals surface area contributed by atoms with Crippen molar-refractivity contribution in [3.8, 4) is 11.5 Å². The summed E-state index contributed by atoms with van der Waals surface area (Å²) in [6.45, 7) is 0.0824. The van der Waals surface area contributed by atoms with Crippen LogP contribution in [-0.2, 0) is 27.6 Å². The molecule has 3 aromatic rings. The molecule has 6 heteroatoms. The van der Waals surface area contributed by atoms with Crippen LogP contribution in [0.25, 0.3) is 0 Å². The summed E-state index contributed by atoms with van der Waals surface area (Å²) in [6.07, 6.45) is 0. The maximum absolute atomic E-state index is 13.8. The van der Waals surface area contributed by atoms with E-state index in [0.717, 1.165) is 11.1 Å². The largest absolute Gasteiger partial charge is 0.457 e. The number of hydrogen-bond donors (Lipinski definition) is 0. The summed E-state index contributed by atoms with van der Waals surface area (Å²) in [5.74, 6) is 1.36. The van der Waals surface area contributed by atoms with Gasteiger partial charge in [0.1, 0.15) is 23.0 Å². The van der Waals surface area contributed by atoms with E-state index >= 15 is 0 Å². The maximum Gasteiger partial charge on any atom is 0.127 e. The zero-order valence-corrected chi connectivity index (χ0v) is 18.1. The first-order valence-electron chi connectivity index (χ1n) is 9.46. The molecular weight excluding hydrogens is 426 g/mol. The Morgan fingerprint density at radius 1 is 0.867 bits per heavy atom. The Hall–Kier alpha value is -2.11. The molecule has 3 aromatic carbocycles. The highest BCUT2D eigenvalue weighted by atomic mass is 35.5. The summed E-state index contributed by atoms with van der Waals surface area (Å²) in [6, 6.07) is 22.0. The monoisotopic (exact) mass is 448 g/mol. The molecule has 3 nitrogen and oxygen atoms in total. The highest BCUT2D eigenvalue weighted by Gasteiger charge is 2.30. The molecule has 0 aliphatic heterocycles. The lowest BCUT2D eigenvalue weighted by molar-refractivity contribution is 0.0875. The Morgan fingerprint density at radius 2 is 1.60 bits per heavy atom. The van der Waals surface area contributed by atoms with Crippen LogP contribution in [0.15, 0.2) is 72.8 Å². The minimum Gasteiger partial charge on any atom is -0.457 e. The number of halogens is 3. The first kappa shape index (κ1) is 22.6. The van der Waals surface area contributed by atoms with Crippen LogP contribution in [0.5, 0.6) is 11.5 Å². The van der Waals surface area contributed by atoms with E-state index in [-0.39, 0.29) is 13.2 Å². The molecule has 0 aliphatic rings. The van der Waals surface area contributed by atoms with Crippen molar-refractivity contribution in [2.75, 3.05) is 20.4 Å². The van der Waals surface area contributed by atoms with Crippen molar-refractivity contribution in [3.05, 3.63) is 94.5 Å². The van der Waals surface area contributed by atoms with Gasteiger partial charge in [0.05, 0.1) is 19.8 Å². The van der Waals surface area contributed by atoms with Gasteiger partial charge >= 0.3 is 0 Å². The molecule has 0 radical (unpaired) electrons. The molecule has 0 N–H and O–H groups in total. The quantitative estimate of drug-likeness (QED) is 0.315. The predicted molar refractivity (Wildman–Crippen MR) is 118 cm³/mol. The van der Waals surface area contributed by atoms with Gasteiger partial charge in [0.15, 0.2) is 0 Å². The number of methoxy groups -OCH3 is 1. The number of ether oxygens (including phenoxy) is 3. The SMILES string of the molecule is COCc1ccc(C(Cl)(CF)COCc2cccc(Oc3ccc(Cl)cc3)c2)cc1. The van der Waals surface area contributed by atoms with Gasteiger partial charge in [-0.3, -0.25) is 0 Å². The Balaban J connectivity index is 1.59. The van der Waals surface area contributed by atoms with Gasteiger partial charge in [0.25, 0.3) is 0 Å². The van der Waals surface area contributed by atoms with Crippen LogP contribution in [0.3, 0.4) is 0 Å². The van der Waals surface area contributed by atoms with Crippen LogP contribution >= 0.6 is 23.2 Å². The standard InChI is InChI=1S/C24H23Cl2FO3/c1-28-14-18-5-7-20(8-6-18)24(26,16-27)17-29-15-19-3-2-4-23(13-19)30-22-11-9-21(25)10-12-22/h2-13H,14-17H2,1H3. The Bertz CT molecular complexity index is 932. The summed E-state index contributed by atoms with van der Waals surface area (Å²) in [4.78, 5) is -1.23. The lowest BCUT2D eigenvalue weighted by Crippen LogP contribution is -2.28. The van der Waals surface area contributed by atoms with Gasteiger partial charge in [0.2, 0.25) is 0 Å². The van der Waals surface area contributed by atoms with Crippen LogP contribution in [0.1, 0.15) is 16.7 Å². The molecule has 0 amide bonds. The minimum atomic E-state index is -1.23. The molecule has 0 aliphatic carbocycles. The van der Waals surface area contributed by atoms with Crippen LogP contribution in [0, 0.1) is 0 Å². The summed E-state index contributed by atoms with van der Waals surface area (Å²) in [5, 5.41) is 0.648.